The van der Waals surface area contributed by atoms with Crippen molar-refractivity contribution < 1.29 is 13.0 Å². The number of fused-ring (bicyclic) bond motifs is 5. The Morgan fingerprint density at radius 3 is 1.92 bits per heavy atom. The van der Waals surface area contributed by atoms with E-state index in [1.54, 1.807) is 23.3 Å². The molecule has 7 aromatic rings. The quantitative estimate of drug-likeness (QED) is 0.176. The van der Waals surface area contributed by atoms with Crippen LogP contribution in [0.4, 0.5) is 0 Å². The Kier molecular flexibility index (Phi) is 5.36. The van der Waals surface area contributed by atoms with Gasteiger partial charge in [0.25, 0.3) is 10.1 Å². The Hall–Kier alpha value is -3.99. The Morgan fingerprint density at radius 1 is 0.500 bits per heavy atom. The number of benzene rings is 7. The second-order valence-electron chi connectivity index (χ2n) is 10.2. The van der Waals surface area contributed by atoms with Crippen molar-refractivity contribution in [1.29, 1.82) is 0 Å². The summed E-state index contributed by atoms with van der Waals surface area (Å²) in [6.45, 7) is 0. The van der Waals surface area contributed by atoms with Crippen molar-refractivity contribution in [2.24, 2.45) is 0 Å². The molecule has 1 N–H and O–H groups in total. The van der Waals surface area contributed by atoms with E-state index >= 15 is 0 Å². The first-order valence-corrected chi connectivity index (χ1v) is 14.5. The van der Waals surface area contributed by atoms with E-state index in [0.717, 1.165) is 26.9 Å². The van der Waals surface area contributed by atoms with E-state index in [4.69, 9.17) is 0 Å². The Morgan fingerprint density at radius 2 is 1.11 bits per heavy atom. The van der Waals surface area contributed by atoms with Crippen molar-refractivity contribution in [2.75, 3.05) is 0 Å². The van der Waals surface area contributed by atoms with Gasteiger partial charge in [-0.3, -0.25) is 4.55 Å². The third-order valence-corrected chi connectivity index (χ3v) is 8.94. The summed E-state index contributed by atoms with van der Waals surface area (Å²) < 4.78 is 32.5. The van der Waals surface area contributed by atoms with Gasteiger partial charge in [0.2, 0.25) is 0 Å². The molecule has 0 fully saturated rings. The normalized spacial score (nSPS) is 13.7. The van der Waals surface area contributed by atoms with Crippen molar-refractivity contribution >= 4 is 64.0 Å². The number of hydrogen-bond donors (Lipinski definition) is 1. The molecule has 4 heteroatoms. The Labute approximate surface area is 221 Å². The molecule has 0 saturated carbocycles. The average molecular weight is 515 g/mol. The fourth-order valence-electron chi connectivity index (χ4n) is 6.28. The lowest BCUT2D eigenvalue weighted by molar-refractivity contribution is 0.484. The summed E-state index contributed by atoms with van der Waals surface area (Å²) in [6.07, 6.45) is 5.22. The molecule has 38 heavy (non-hydrogen) atoms. The molecule has 1 aliphatic carbocycles. The van der Waals surface area contributed by atoms with Gasteiger partial charge < -0.3 is 0 Å². The monoisotopic (exact) mass is 514 g/mol. The molecule has 0 spiro atoms. The molecule has 0 heterocycles. The van der Waals surface area contributed by atoms with Gasteiger partial charge in [0.15, 0.2) is 0 Å². The van der Waals surface area contributed by atoms with Gasteiger partial charge in [0, 0.05) is 5.39 Å². The summed E-state index contributed by atoms with van der Waals surface area (Å²) in [4.78, 5) is -0.0387. The summed E-state index contributed by atoms with van der Waals surface area (Å²) in [5.41, 5.74) is 3.17. The molecule has 0 amide bonds. The Balaban J connectivity index is 0.000000128. The lowest BCUT2D eigenvalue weighted by Crippen LogP contribution is -2.02. The zero-order chi connectivity index (χ0) is 25.9. The minimum Gasteiger partial charge on any atom is -0.282 e. The topological polar surface area (TPSA) is 54.4 Å². The van der Waals surface area contributed by atoms with Gasteiger partial charge in [-0.05, 0) is 91.4 Å². The maximum absolute atomic E-state index is 11.5. The molecule has 0 unspecified atom stereocenters. The van der Waals surface area contributed by atoms with E-state index in [1.807, 2.05) is 36.4 Å². The maximum atomic E-state index is 11.5. The van der Waals surface area contributed by atoms with Gasteiger partial charge in [0.05, 0.1) is 0 Å². The molecule has 0 aliphatic heterocycles. The minimum atomic E-state index is -4.23. The average Bonchev–Trinajstić information content (AvgIpc) is 2.95. The third-order valence-electron chi connectivity index (χ3n) is 8.02. The fraction of sp³-hybridized carbons (Fsp3) is 0.118. The molecule has 8 rings (SSSR count). The predicted octanol–water partition coefficient (Wildman–Crippen LogP) is 8.70. The van der Waals surface area contributed by atoms with Crippen LogP contribution in [0, 0.1) is 0 Å². The second kappa shape index (κ2) is 8.80. The maximum Gasteiger partial charge on any atom is 0.295 e. The van der Waals surface area contributed by atoms with Crippen LogP contribution in [-0.4, -0.2) is 13.0 Å². The molecule has 0 aromatic heterocycles. The molecule has 0 radical (unpaired) electrons. The first-order chi connectivity index (χ1) is 18.5. The lowest BCUT2D eigenvalue weighted by atomic mass is 9.86. The van der Waals surface area contributed by atoms with Gasteiger partial charge in [-0.25, -0.2) is 0 Å². The Bertz CT molecular complexity index is 2090. The molecule has 186 valence electrons. The summed E-state index contributed by atoms with van der Waals surface area (Å²) in [5, 5.41) is 11.2. The van der Waals surface area contributed by atoms with Gasteiger partial charge in [-0.2, -0.15) is 8.42 Å². The highest BCUT2D eigenvalue weighted by Crippen LogP contribution is 2.37. The van der Waals surface area contributed by atoms with Crippen molar-refractivity contribution in [3.05, 3.63) is 114 Å². The molecule has 0 saturated heterocycles. The molecule has 0 atom stereocenters. The van der Waals surface area contributed by atoms with Crippen LogP contribution in [0.2, 0.25) is 0 Å². The number of aryl methyl sites for hydroxylation is 2. The molecule has 1 aliphatic rings. The molecule has 3 nitrogen and oxygen atoms in total. The van der Waals surface area contributed by atoms with Crippen LogP contribution < -0.4 is 0 Å². The van der Waals surface area contributed by atoms with Crippen molar-refractivity contribution in [2.45, 2.75) is 30.6 Å². The molecule has 0 bridgehead atoms. The summed E-state index contributed by atoms with van der Waals surface area (Å²) in [6, 6.07) is 34.8. The van der Waals surface area contributed by atoms with E-state index in [1.165, 1.54) is 53.3 Å². The highest BCUT2D eigenvalue weighted by Gasteiger charge is 2.17. The van der Waals surface area contributed by atoms with E-state index in [0.29, 0.717) is 5.39 Å². The van der Waals surface area contributed by atoms with Gasteiger partial charge in [0.1, 0.15) is 4.90 Å². The van der Waals surface area contributed by atoms with E-state index in [-0.39, 0.29) is 4.90 Å². The minimum absolute atomic E-state index is 0.0387. The summed E-state index contributed by atoms with van der Waals surface area (Å²) in [5.74, 6) is 0. The third kappa shape index (κ3) is 3.72. The number of hydrogen-bond acceptors (Lipinski definition) is 2. The summed E-state index contributed by atoms with van der Waals surface area (Å²) in [7, 11) is -4.23. The van der Waals surface area contributed by atoms with Gasteiger partial charge in [-0.15, -0.1) is 0 Å². The smallest absolute Gasteiger partial charge is 0.282 e. The van der Waals surface area contributed by atoms with Gasteiger partial charge >= 0.3 is 0 Å². The zero-order valence-electron chi connectivity index (χ0n) is 20.8. The van der Waals surface area contributed by atoms with Crippen molar-refractivity contribution in [3.63, 3.8) is 0 Å². The van der Waals surface area contributed by atoms with Crippen LogP contribution in [-0.2, 0) is 23.0 Å². The van der Waals surface area contributed by atoms with Crippen molar-refractivity contribution in [3.8, 4) is 0 Å². The van der Waals surface area contributed by atoms with Crippen LogP contribution >= 0.6 is 0 Å². The largest absolute Gasteiger partial charge is 0.295 e. The second-order valence-corrected chi connectivity index (χ2v) is 11.6. The lowest BCUT2D eigenvalue weighted by Gasteiger charge is -2.18. The van der Waals surface area contributed by atoms with E-state index < -0.39 is 10.1 Å². The first kappa shape index (κ1) is 23.2. The zero-order valence-corrected chi connectivity index (χ0v) is 21.6. The highest BCUT2D eigenvalue weighted by atomic mass is 32.2. The van der Waals surface area contributed by atoms with Crippen LogP contribution in [0.1, 0.15) is 24.0 Å². The SMILES string of the molecule is O=S(=O)(O)c1ccc2ccc3cccc4ccc1c2c34.c1ccc2c(c1)ccc1c3c(ccc12)CCCC3. The van der Waals surface area contributed by atoms with Crippen LogP contribution in [0.25, 0.3) is 53.9 Å². The standard InChI is InChI=1S/C18H16.C16H10O3S/c1-3-7-15-13(5-1)9-11-18-16-8-4-2-6-14(16)10-12-17(15)18;17-20(18,19)14-9-7-12-5-4-10-2-1-3-11-6-8-13(14)16(12)15(10)11/h1,3,5,7,9-12H,2,4,6,8H2;1-9H,(H,17,18,19). The predicted molar refractivity (Wildman–Crippen MR) is 158 cm³/mol. The molecular formula is C34H26O3S. The summed E-state index contributed by atoms with van der Waals surface area (Å²) >= 11 is 0. The van der Waals surface area contributed by atoms with Gasteiger partial charge in [-0.1, -0.05) is 97.1 Å². The molecule has 7 aromatic carbocycles. The van der Waals surface area contributed by atoms with E-state index in [9.17, 15) is 13.0 Å². The molecular weight excluding hydrogens is 488 g/mol. The van der Waals surface area contributed by atoms with Crippen LogP contribution in [0.5, 0.6) is 0 Å². The highest BCUT2D eigenvalue weighted by molar-refractivity contribution is 7.86. The van der Waals surface area contributed by atoms with Crippen molar-refractivity contribution in [1.82, 2.24) is 0 Å². The van der Waals surface area contributed by atoms with E-state index in [2.05, 4.69) is 48.5 Å². The number of rotatable bonds is 1. The first-order valence-electron chi connectivity index (χ1n) is 13.1. The van der Waals surface area contributed by atoms with Crippen LogP contribution in [0.3, 0.4) is 0 Å². The van der Waals surface area contributed by atoms with Crippen LogP contribution in [0.15, 0.2) is 108 Å². The fourth-order valence-corrected chi connectivity index (χ4v) is 6.96.